The first-order valence-electron chi connectivity index (χ1n) is 8.07. The molecule has 2 nitrogen and oxygen atoms in total. The molecule has 0 unspecified atom stereocenters. The molecule has 0 bridgehead atoms. The number of hydrogen-bond acceptors (Lipinski definition) is 2. The number of nitrogens with two attached hydrogens (primary N) is 1. The molecule has 0 atom stereocenters. The zero-order valence-electron chi connectivity index (χ0n) is 13.0. The Kier molecular flexibility index (Phi) is 3.64. The van der Waals surface area contributed by atoms with Gasteiger partial charge in [-0.3, -0.25) is 4.90 Å². The van der Waals surface area contributed by atoms with Crippen LogP contribution in [0.15, 0.2) is 24.3 Å². The van der Waals surface area contributed by atoms with E-state index in [1.165, 1.54) is 49.8 Å². The Balaban J connectivity index is 1.79. The van der Waals surface area contributed by atoms with Crippen molar-refractivity contribution >= 4 is 0 Å². The summed E-state index contributed by atoms with van der Waals surface area (Å²) in [5.74, 6) is 0. The van der Waals surface area contributed by atoms with Gasteiger partial charge in [-0.25, -0.2) is 0 Å². The average Bonchev–Trinajstić information content (AvgIpc) is 2.47. The predicted molar refractivity (Wildman–Crippen MR) is 84.6 cm³/mol. The summed E-state index contributed by atoms with van der Waals surface area (Å²) >= 11 is 0. The summed E-state index contributed by atoms with van der Waals surface area (Å²) in [6.07, 6.45) is 6.32. The van der Waals surface area contributed by atoms with Crippen LogP contribution in [0.3, 0.4) is 0 Å². The van der Waals surface area contributed by atoms with E-state index >= 15 is 0 Å². The molecule has 1 heterocycles. The lowest BCUT2D eigenvalue weighted by molar-refractivity contribution is 0.0134. The molecule has 0 radical (unpaired) electrons. The van der Waals surface area contributed by atoms with Crippen molar-refractivity contribution in [3.63, 3.8) is 0 Å². The third-order valence-electron chi connectivity index (χ3n) is 5.72. The highest BCUT2D eigenvalue weighted by Gasteiger charge is 2.42. The van der Waals surface area contributed by atoms with Crippen molar-refractivity contribution in [1.82, 2.24) is 4.90 Å². The first-order chi connectivity index (χ1) is 9.55. The van der Waals surface area contributed by atoms with Gasteiger partial charge >= 0.3 is 0 Å². The maximum absolute atomic E-state index is 6.24. The molecule has 20 heavy (non-hydrogen) atoms. The molecular formula is C18H28N2. The van der Waals surface area contributed by atoms with Gasteiger partial charge in [-0.15, -0.1) is 0 Å². The van der Waals surface area contributed by atoms with Crippen molar-refractivity contribution in [2.75, 3.05) is 13.1 Å². The average molecular weight is 272 g/mol. The SMILES string of the molecule is CC1(C)CCC(CN)(N2CCc3ccccc3C2)CC1. The first kappa shape index (κ1) is 14.1. The van der Waals surface area contributed by atoms with Crippen molar-refractivity contribution in [3.8, 4) is 0 Å². The molecule has 1 aromatic rings. The molecule has 1 aliphatic heterocycles. The highest BCUT2D eigenvalue weighted by atomic mass is 15.2. The Bertz CT molecular complexity index is 468. The van der Waals surface area contributed by atoms with Crippen LogP contribution >= 0.6 is 0 Å². The van der Waals surface area contributed by atoms with Gasteiger partial charge in [-0.1, -0.05) is 38.1 Å². The van der Waals surface area contributed by atoms with Gasteiger partial charge in [0.2, 0.25) is 0 Å². The molecule has 2 N–H and O–H groups in total. The van der Waals surface area contributed by atoms with Crippen molar-refractivity contribution in [2.24, 2.45) is 11.1 Å². The summed E-state index contributed by atoms with van der Waals surface area (Å²) in [6.45, 7) is 7.88. The Morgan fingerprint density at radius 3 is 2.35 bits per heavy atom. The fourth-order valence-corrected chi connectivity index (χ4v) is 3.94. The topological polar surface area (TPSA) is 29.3 Å². The Labute approximate surface area is 123 Å². The number of fused-ring (bicyclic) bond motifs is 1. The lowest BCUT2D eigenvalue weighted by Crippen LogP contribution is -2.57. The van der Waals surface area contributed by atoms with E-state index in [-0.39, 0.29) is 5.54 Å². The summed E-state index contributed by atoms with van der Waals surface area (Å²) < 4.78 is 0. The van der Waals surface area contributed by atoms with Gasteiger partial charge in [0, 0.05) is 25.2 Å². The van der Waals surface area contributed by atoms with Crippen LogP contribution in [0.2, 0.25) is 0 Å². The second-order valence-electron chi connectivity index (χ2n) is 7.53. The Morgan fingerprint density at radius 2 is 1.70 bits per heavy atom. The van der Waals surface area contributed by atoms with E-state index in [9.17, 15) is 0 Å². The van der Waals surface area contributed by atoms with E-state index in [1.54, 1.807) is 0 Å². The number of benzene rings is 1. The fraction of sp³-hybridized carbons (Fsp3) is 0.667. The van der Waals surface area contributed by atoms with Gasteiger partial charge in [0.25, 0.3) is 0 Å². The van der Waals surface area contributed by atoms with Crippen LogP contribution in [0.1, 0.15) is 50.7 Å². The van der Waals surface area contributed by atoms with E-state index in [0.29, 0.717) is 5.41 Å². The van der Waals surface area contributed by atoms with Gasteiger partial charge in [-0.05, 0) is 48.6 Å². The summed E-state index contributed by atoms with van der Waals surface area (Å²) in [5, 5.41) is 0. The standard InChI is InChI=1S/C18H28N2/c1-17(2)8-10-18(14-19,11-9-17)20-12-7-15-5-3-4-6-16(15)13-20/h3-6H,7-14,19H2,1-2H3. The summed E-state index contributed by atoms with van der Waals surface area (Å²) in [6, 6.07) is 8.90. The van der Waals surface area contributed by atoms with Crippen LogP contribution in [0.5, 0.6) is 0 Å². The minimum absolute atomic E-state index is 0.253. The first-order valence-corrected chi connectivity index (χ1v) is 8.07. The molecule has 0 saturated heterocycles. The minimum Gasteiger partial charge on any atom is -0.329 e. The summed E-state index contributed by atoms with van der Waals surface area (Å²) in [5.41, 5.74) is 10.0. The lowest BCUT2D eigenvalue weighted by Gasteiger charge is -2.51. The molecule has 0 amide bonds. The molecule has 1 aliphatic carbocycles. The maximum atomic E-state index is 6.24. The lowest BCUT2D eigenvalue weighted by atomic mass is 9.68. The third-order valence-corrected chi connectivity index (χ3v) is 5.72. The highest BCUT2D eigenvalue weighted by molar-refractivity contribution is 5.29. The van der Waals surface area contributed by atoms with Crippen molar-refractivity contribution in [1.29, 1.82) is 0 Å². The van der Waals surface area contributed by atoms with Gasteiger partial charge in [-0.2, -0.15) is 0 Å². The molecular weight excluding hydrogens is 244 g/mol. The molecule has 1 fully saturated rings. The van der Waals surface area contributed by atoms with E-state index in [0.717, 1.165) is 13.1 Å². The van der Waals surface area contributed by atoms with Crippen LogP contribution in [-0.4, -0.2) is 23.5 Å². The Hall–Kier alpha value is -0.860. The fourth-order valence-electron chi connectivity index (χ4n) is 3.94. The number of hydrogen-bond donors (Lipinski definition) is 1. The number of nitrogens with zero attached hydrogens (tertiary/aromatic N) is 1. The van der Waals surface area contributed by atoms with Crippen molar-refractivity contribution < 1.29 is 0 Å². The van der Waals surface area contributed by atoms with Crippen LogP contribution < -0.4 is 5.73 Å². The van der Waals surface area contributed by atoms with Crippen molar-refractivity contribution in [3.05, 3.63) is 35.4 Å². The number of rotatable bonds is 2. The van der Waals surface area contributed by atoms with Crippen LogP contribution in [-0.2, 0) is 13.0 Å². The van der Waals surface area contributed by atoms with Crippen molar-refractivity contribution in [2.45, 2.75) is 58.0 Å². The molecule has 2 heteroatoms. The van der Waals surface area contributed by atoms with Gasteiger partial charge in [0.15, 0.2) is 0 Å². The summed E-state index contributed by atoms with van der Waals surface area (Å²) in [4.78, 5) is 2.69. The zero-order chi connectivity index (χ0) is 14.2. The van der Waals surface area contributed by atoms with E-state index in [4.69, 9.17) is 5.73 Å². The van der Waals surface area contributed by atoms with Crippen LogP contribution in [0.25, 0.3) is 0 Å². The Morgan fingerprint density at radius 1 is 1.05 bits per heavy atom. The largest absolute Gasteiger partial charge is 0.329 e. The monoisotopic (exact) mass is 272 g/mol. The van der Waals surface area contributed by atoms with Crippen LogP contribution in [0.4, 0.5) is 0 Å². The van der Waals surface area contributed by atoms with E-state index in [2.05, 4.69) is 43.0 Å². The second-order valence-corrected chi connectivity index (χ2v) is 7.53. The molecule has 1 saturated carbocycles. The van der Waals surface area contributed by atoms with Gasteiger partial charge in [0.1, 0.15) is 0 Å². The maximum Gasteiger partial charge on any atom is 0.0335 e. The third kappa shape index (κ3) is 2.51. The van der Waals surface area contributed by atoms with E-state index < -0.39 is 0 Å². The van der Waals surface area contributed by atoms with E-state index in [1.807, 2.05) is 0 Å². The van der Waals surface area contributed by atoms with Gasteiger partial charge in [0.05, 0.1) is 0 Å². The highest BCUT2D eigenvalue weighted by Crippen LogP contribution is 2.43. The molecule has 0 spiro atoms. The minimum atomic E-state index is 0.253. The quantitative estimate of drug-likeness (QED) is 0.894. The smallest absolute Gasteiger partial charge is 0.0335 e. The summed E-state index contributed by atoms with van der Waals surface area (Å²) in [7, 11) is 0. The molecule has 2 aliphatic rings. The predicted octanol–water partition coefficient (Wildman–Crippen LogP) is 3.34. The van der Waals surface area contributed by atoms with Gasteiger partial charge < -0.3 is 5.73 Å². The molecule has 1 aromatic carbocycles. The molecule has 3 rings (SSSR count). The second kappa shape index (κ2) is 5.16. The van der Waals surface area contributed by atoms with Crippen LogP contribution in [0, 0.1) is 5.41 Å². The zero-order valence-corrected chi connectivity index (χ0v) is 13.0. The normalized spacial score (nSPS) is 25.1. The molecule has 110 valence electrons. The molecule has 0 aromatic heterocycles.